The SMILES string of the molecule is Cc1cc(C)c(S(=O)(=O)N(Cc2ccc3c(c2)OCO3)C(CNC(=O)c2ccccc2-n2cccc2)C(=O)NO)c(C)c1. The van der Waals surface area contributed by atoms with Crippen LogP contribution in [0.2, 0.25) is 0 Å². The quantitative estimate of drug-likeness (QED) is 0.186. The molecule has 0 saturated carbocycles. The van der Waals surface area contributed by atoms with Crippen molar-refractivity contribution in [3.63, 3.8) is 0 Å². The predicted octanol–water partition coefficient (Wildman–Crippen LogP) is 3.63. The molecule has 0 bridgehead atoms. The number of nitrogens with zero attached hydrogens (tertiary/aromatic N) is 2. The monoisotopic (exact) mass is 604 g/mol. The molecule has 3 N–H and O–H groups in total. The number of para-hydroxylation sites is 1. The molecule has 0 radical (unpaired) electrons. The van der Waals surface area contributed by atoms with Gasteiger partial charge in [-0.05, 0) is 73.9 Å². The largest absolute Gasteiger partial charge is 0.454 e. The van der Waals surface area contributed by atoms with Gasteiger partial charge in [-0.25, -0.2) is 13.9 Å². The zero-order chi connectivity index (χ0) is 30.7. The number of benzene rings is 3. The minimum atomic E-state index is -4.37. The zero-order valence-corrected chi connectivity index (χ0v) is 24.7. The van der Waals surface area contributed by atoms with Crippen molar-refractivity contribution < 1.29 is 32.7 Å². The second-order valence-corrected chi connectivity index (χ2v) is 12.1. The summed E-state index contributed by atoms with van der Waals surface area (Å²) in [5.41, 5.74) is 4.90. The molecule has 1 aromatic heterocycles. The van der Waals surface area contributed by atoms with Crippen molar-refractivity contribution in [2.45, 2.75) is 38.3 Å². The number of ether oxygens (including phenoxy) is 2. The van der Waals surface area contributed by atoms with Gasteiger partial charge in [-0.15, -0.1) is 0 Å². The Morgan fingerprint density at radius 3 is 2.33 bits per heavy atom. The Morgan fingerprint density at radius 2 is 1.63 bits per heavy atom. The first-order valence-electron chi connectivity index (χ1n) is 13.5. The maximum absolute atomic E-state index is 14.4. The van der Waals surface area contributed by atoms with Crippen LogP contribution >= 0.6 is 0 Å². The van der Waals surface area contributed by atoms with Crippen LogP contribution in [-0.4, -0.2) is 53.7 Å². The summed E-state index contributed by atoms with van der Waals surface area (Å²) in [6.45, 7) is 4.58. The van der Waals surface area contributed by atoms with Crippen LogP contribution in [0.1, 0.15) is 32.6 Å². The molecule has 2 heterocycles. The highest BCUT2D eigenvalue weighted by Gasteiger charge is 2.38. The Hall–Kier alpha value is -4.65. The number of fused-ring (bicyclic) bond motifs is 1. The maximum Gasteiger partial charge on any atom is 0.263 e. The number of sulfonamides is 1. The van der Waals surface area contributed by atoms with Crippen LogP contribution in [0.3, 0.4) is 0 Å². The van der Waals surface area contributed by atoms with Gasteiger partial charge in [0.15, 0.2) is 11.5 Å². The van der Waals surface area contributed by atoms with Crippen molar-refractivity contribution in [3.05, 3.63) is 107 Å². The van der Waals surface area contributed by atoms with Crippen LogP contribution in [0.25, 0.3) is 5.69 Å². The Bertz CT molecular complexity index is 1750. The molecule has 11 nitrogen and oxygen atoms in total. The smallest absolute Gasteiger partial charge is 0.263 e. The van der Waals surface area contributed by atoms with Gasteiger partial charge in [0.2, 0.25) is 16.8 Å². The summed E-state index contributed by atoms with van der Waals surface area (Å²) in [7, 11) is -4.37. The summed E-state index contributed by atoms with van der Waals surface area (Å²) >= 11 is 0. The standard InChI is InChI=1S/C31H32N4O7S/c1-20-14-21(2)29(22(3)15-20)43(39,40)35(18-23-10-11-27-28(16-23)42-19-41-27)26(31(37)33-38)17-32-30(36)24-8-4-5-9-25(24)34-12-6-7-13-34/h4-16,26,38H,17-19H2,1-3H3,(H,32,36)(H,33,37). The number of aryl methyl sites for hydroxylation is 3. The van der Waals surface area contributed by atoms with Crippen LogP contribution in [0.4, 0.5) is 0 Å². The first kappa shape index (κ1) is 29.8. The Balaban J connectivity index is 1.53. The molecular weight excluding hydrogens is 572 g/mol. The number of rotatable bonds is 10. The van der Waals surface area contributed by atoms with Crippen LogP contribution in [-0.2, 0) is 21.4 Å². The summed E-state index contributed by atoms with van der Waals surface area (Å²) < 4.78 is 42.4. The van der Waals surface area contributed by atoms with E-state index in [-0.39, 0.29) is 18.2 Å². The number of hydrogen-bond donors (Lipinski definition) is 3. The van der Waals surface area contributed by atoms with E-state index in [1.54, 1.807) is 90.9 Å². The lowest BCUT2D eigenvalue weighted by Gasteiger charge is -2.31. The van der Waals surface area contributed by atoms with Crippen LogP contribution in [0, 0.1) is 20.8 Å². The molecule has 224 valence electrons. The fourth-order valence-electron chi connectivity index (χ4n) is 5.34. The Labute approximate surface area is 249 Å². The third-order valence-electron chi connectivity index (χ3n) is 7.19. The second-order valence-electron chi connectivity index (χ2n) is 10.3. The first-order valence-corrected chi connectivity index (χ1v) is 15.0. The topological polar surface area (TPSA) is 139 Å². The Morgan fingerprint density at radius 1 is 0.953 bits per heavy atom. The van der Waals surface area contributed by atoms with E-state index in [0.29, 0.717) is 39.4 Å². The van der Waals surface area contributed by atoms with Crippen LogP contribution in [0.15, 0.2) is 84.0 Å². The van der Waals surface area contributed by atoms with Crippen molar-refractivity contribution in [3.8, 4) is 17.2 Å². The summed E-state index contributed by atoms with van der Waals surface area (Å²) in [4.78, 5) is 26.6. The van der Waals surface area contributed by atoms with E-state index in [4.69, 9.17) is 9.47 Å². The maximum atomic E-state index is 14.4. The van der Waals surface area contributed by atoms with Gasteiger partial charge in [-0.3, -0.25) is 14.8 Å². The van der Waals surface area contributed by atoms with Crippen molar-refractivity contribution in [1.82, 2.24) is 19.7 Å². The van der Waals surface area contributed by atoms with Crippen molar-refractivity contribution in [1.29, 1.82) is 0 Å². The minimum Gasteiger partial charge on any atom is -0.454 e. The van der Waals surface area contributed by atoms with E-state index in [9.17, 15) is 23.2 Å². The number of carbonyl (C=O) groups excluding carboxylic acids is 2. The number of hydrogen-bond acceptors (Lipinski definition) is 7. The van der Waals surface area contributed by atoms with E-state index in [2.05, 4.69) is 5.32 Å². The molecule has 1 atom stereocenters. The summed E-state index contributed by atoms with van der Waals surface area (Å²) in [6, 6.07) is 17.5. The van der Waals surface area contributed by atoms with Crippen LogP contribution in [0.5, 0.6) is 11.5 Å². The lowest BCUT2D eigenvalue weighted by Crippen LogP contribution is -2.54. The zero-order valence-electron chi connectivity index (χ0n) is 23.9. The molecule has 1 aliphatic rings. The highest BCUT2D eigenvalue weighted by Crippen LogP contribution is 2.34. The van der Waals surface area contributed by atoms with Gasteiger partial charge in [0, 0.05) is 25.5 Å². The van der Waals surface area contributed by atoms with E-state index in [1.807, 2.05) is 19.1 Å². The van der Waals surface area contributed by atoms with Crippen molar-refractivity contribution in [2.75, 3.05) is 13.3 Å². The number of carbonyl (C=O) groups is 2. The first-order chi connectivity index (χ1) is 20.6. The van der Waals surface area contributed by atoms with Gasteiger partial charge in [0.1, 0.15) is 6.04 Å². The van der Waals surface area contributed by atoms with E-state index >= 15 is 0 Å². The van der Waals surface area contributed by atoms with Crippen LogP contribution < -0.4 is 20.3 Å². The van der Waals surface area contributed by atoms with E-state index in [0.717, 1.165) is 9.87 Å². The molecule has 43 heavy (non-hydrogen) atoms. The summed E-state index contributed by atoms with van der Waals surface area (Å²) in [5.74, 6) is -0.578. The van der Waals surface area contributed by atoms with Gasteiger partial charge in [0.25, 0.3) is 11.8 Å². The average Bonchev–Trinajstić information content (AvgIpc) is 3.68. The number of nitrogens with one attached hydrogen (secondary N) is 2. The lowest BCUT2D eigenvalue weighted by molar-refractivity contribution is -0.133. The molecule has 0 fully saturated rings. The number of aromatic nitrogens is 1. The summed E-state index contributed by atoms with van der Waals surface area (Å²) in [5, 5.41) is 12.4. The molecule has 0 spiro atoms. The van der Waals surface area contributed by atoms with E-state index in [1.165, 1.54) is 0 Å². The van der Waals surface area contributed by atoms with Gasteiger partial charge < -0.3 is 19.4 Å². The number of amides is 2. The third kappa shape index (κ3) is 6.12. The fourth-order valence-corrected chi connectivity index (χ4v) is 7.33. The molecule has 2 amide bonds. The molecule has 1 unspecified atom stereocenters. The van der Waals surface area contributed by atoms with Gasteiger partial charge in [-0.1, -0.05) is 35.9 Å². The predicted molar refractivity (Wildman–Crippen MR) is 158 cm³/mol. The summed E-state index contributed by atoms with van der Waals surface area (Å²) in [6.07, 6.45) is 3.58. The fraction of sp³-hybridized carbons (Fsp3) is 0.226. The Kier molecular flexibility index (Phi) is 8.53. The molecular formula is C31H32N4O7S. The second kappa shape index (κ2) is 12.3. The molecule has 0 saturated heterocycles. The van der Waals surface area contributed by atoms with Gasteiger partial charge >= 0.3 is 0 Å². The highest BCUT2D eigenvalue weighted by molar-refractivity contribution is 7.89. The van der Waals surface area contributed by atoms with Crippen molar-refractivity contribution in [2.24, 2.45) is 0 Å². The average molecular weight is 605 g/mol. The normalized spacial score (nSPS) is 13.1. The van der Waals surface area contributed by atoms with Gasteiger partial charge in [-0.2, -0.15) is 4.31 Å². The third-order valence-corrected chi connectivity index (χ3v) is 9.36. The van der Waals surface area contributed by atoms with Gasteiger partial charge in [0.05, 0.1) is 16.1 Å². The molecule has 5 rings (SSSR count). The highest BCUT2D eigenvalue weighted by atomic mass is 32.2. The lowest BCUT2D eigenvalue weighted by atomic mass is 10.1. The van der Waals surface area contributed by atoms with Crippen molar-refractivity contribution >= 4 is 21.8 Å². The number of hydroxylamine groups is 1. The molecule has 1 aliphatic heterocycles. The molecule has 3 aromatic carbocycles. The minimum absolute atomic E-state index is 0.0363. The molecule has 12 heteroatoms. The van der Waals surface area contributed by atoms with E-state index < -0.39 is 34.4 Å². The molecule has 0 aliphatic carbocycles. The molecule has 4 aromatic rings.